The number of hydrogen-bond donors (Lipinski definition) is 1. The Kier molecular flexibility index (Phi) is 6.54. The molecule has 1 aliphatic heterocycles. The van der Waals surface area contributed by atoms with Crippen LogP contribution in [0.4, 0.5) is 11.5 Å². The number of aromatic nitrogens is 1. The van der Waals surface area contributed by atoms with E-state index in [1.165, 1.54) is 4.31 Å². The minimum absolute atomic E-state index is 0.216. The molecule has 0 bridgehead atoms. The number of sulfonamides is 1. The van der Waals surface area contributed by atoms with Gasteiger partial charge in [0, 0.05) is 19.6 Å². The monoisotopic (exact) mass is 416 g/mol. The van der Waals surface area contributed by atoms with Gasteiger partial charge in [0.25, 0.3) is 0 Å². The number of carbonyl (C=O) groups is 1. The van der Waals surface area contributed by atoms with E-state index in [4.69, 9.17) is 0 Å². The van der Waals surface area contributed by atoms with Crippen molar-refractivity contribution in [3.63, 3.8) is 0 Å². The SMILES string of the molecule is CCN(CC)c1ccc(NC(=O)[C@@H]2CCCN2S(=O)(=O)c2ccc(C)cc2)cn1. The van der Waals surface area contributed by atoms with Gasteiger partial charge in [0.05, 0.1) is 16.8 Å². The standard InChI is InChI=1S/C21H28N4O3S/c1-4-24(5-2)20-13-10-17(15-22-20)23-21(26)19-7-6-14-25(19)29(27,28)18-11-8-16(3)9-12-18/h8-13,15,19H,4-7,14H2,1-3H3,(H,23,26)/t19-/m0/s1. The first kappa shape index (κ1) is 21.3. The third-order valence-electron chi connectivity index (χ3n) is 5.24. The zero-order valence-electron chi connectivity index (χ0n) is 17.1. The molecule has 2 heterocycles. The van der Waals surface area contributed by atoms with Crippen LogP contribution in [-0.2, 0) is 14.8 Å². The third kappa shape index (κ3) is 4.59. The lowest BCUT2D eigenvalue weighted by Gasteiger charge is -2.24. The first-order valence-corrected chi connectivity index (χ1v) is 11.4. The van der Waals surface area contributed by atoms with Crippen LogP contribution in [-0.4, -0.2) is 49.3 Å². The molecule has 1 aromatic carbocycles. The number of anilines is 2. The topological polar surface area (TPSA) is 82.6 Å². The summed E-state index contributed by atoms with van der Waals surface area (Å²) < 4.78 is 27.4. The van der Waals surface area contributed by atoms with Crippen molar-refractivity contribution in [2.75, 3.05) is 29.9 Å². The van der Waals surface area contributed by atoms with Gasteiger partial charge in [0.15, 0.2) is 0 Å². The highest BCUT2D eigenvalue weighted by molar-refractivity contribution is 7.89. The molecule has 156 valence electrons. The van der Waals surface area contributed by atoms with E-state index >= 15 is 0 Å². The Morgan fingerprint density at radius 3 is 2.45 bits per heavy atom. The quantitative estimate of drug-likeness (QED) is 0.750. The summed E-state index contributed by atoms with van der Waals surface area (Å²) in [5.74, 6) is 0.521. The summed E-state index contributed by atoms with van der Waals surface area (Å²) >= 11 is 0. The molecule has 2 aromatic rings. The van der Waals surface area contributed by atoms with Crippen molar-refractivity contribution >= 4 is 27.4 Å². The summed E-state index contributed by atoms with van der Waals surface area (Å²) in [4.78, 5) is 19.6. The van der Waals surface area contributed by atoms with Crippen LogP contribution in [0, 0.1) is 6.92 Å². The van der Waals surface area contributed by atoms with Gasteiger partial charge in [-0.2, -0.15) is 4.31 Å². The van der Waals surface area contributed by atoms with Gasteiger partial charge in [-0.15, -0.1) is 0 Å². The first-order chi connectivity index (χ1) is 13.9. The number of benzene rings is 1. The van der Waals surface area contributed by atoms with Crippen LogP contribution in [0.1, 0.15) is 32.3 Å². The van der Waals surface area contributed by atoms with E-state index in [0.29, 0.717) is 25.1 Å². The van der Waals surface area contributed by atoms with Crippen molar-refractivity contribution in [2.24, 2.45) is 0 Å². The molecule has 1 aromatic heterocycles. The maximum absolute atomic E-state index is 13.0. The van der Waals surface area contributed by atoms with E-state index in [1.54, 1.807) is 36.5 Å². The Morgan fingerprint density at radius 2 is 1.86 bits per heavy atom. The van der Waals surface area contributed by atoms with Crippen molar-refractivity contribution in [1.29, 1.82) is 0 Å². The van der Waals surface area contributed by atoms with Crippen molar-refractivity contribution < 1.29 is 13.2 Å². The molecule has 1 saturated heterocycles. The van der Waals surface area contributed by atoms with E-state index in [-0.39, 0.29) is 10.8 Å². The summed E-state index contributed by atoms with van der Waals surface area (Å²) in [5, 5.41) is 2.82. The average Bonchev–Trinajstić information content (AvgIpc) is 3.21. The molecule has 29 heavy (non-hydrogen) atoms. The Hall–Kier alpha value is -2.45. The maximum atomic E-state index is 13.0. The molecule has 0 saturated carbocycles. The number of hydrogen-bond acceptors (Lipinski definition) is 5. The number of rotatable bonds is 7. The van der Waals surface area contributed by atoms with Crippen LogP contribution in [0.25, 0.3) is 0 Å². The van der Waals surface area contributed by atoms with Crippen LogP contribution in [0.5, 0.6) is 0 Å². The molecule has 0 unspecified atom stereocenters. The van der Waals surface area contributed by atoms with Crippen molar-refractivity contribution in [3.05, 3.63) is 48.2 Å². The molecule has 1 fully saturated rings. The van der Waals surface area contributed by atoms with Crippen LogP contribution in [0.2, 0.25) is 0 Å². The lowest BCUT2D eigenvalue weighted by Crippen LogP contribution is -2.43. The zero-order valence-corrected chi connectivity index (χ0v) is 17.9. The summed E-state index contributed by atoms with van der Waals surface area (Å²) in [6.45, 7) is 8.07. The molecule has 0 radical (unpaired) electrons. The van der Waals surface area contributed by atoms with Crippen LogP contribution in [0.3, 0.4) is 0 Å². The van der Waals surface area contributed by atoms with Gasteiger partial charge in [-0.1, -0.05) is 17.7 Å². The van der Waals surface area contributed by atoms with Crippen molar-refractivity contribution in [2.45, 2.75) is 44.6 Å². The number of nitrogens with zero attached hydrogens (tertiary/aromatic N) is 3. The molecule has 0 aliphatic carbocycles. The second-order valence-electron chi connectivity index (χ2n) is 7.15. The van der Waals surface area contributed by atoms with E-state index in [1.807, 2.05) is 13.0 Å². The molecular formula is C21H28N4O3S. The van der Waals surface area contributed by atoms with Gasteiger partial charge < -0.3 is 10.2 Å². The fourth-order valence-corrected chi connectivity index (χ4v) is 5.21. The van der Waals surface area contributed by atoms with Gasteiger partial charge in [-0.05, 0) is 57.9 Å². The number of amides is 1. The predicted octanol–water partition coefficient (Wildman–Crippen LogP) is 3.03. The first-order valence-electron chi connectivity index (χ1n) is 9.97. The average molecular weight is 417 g/mol. The summed E-state index contributed by atoms with van der Waals surface area (Å²) in [6.07, 6.45) is 2.77. The Bertz CT molecular complexity index is 939. The molecule has 1 atom stereocenters. The van der Waals surface area contributed by atoms with Crippen LogP contribution in [0.15, 0.2) is 47.5 Å². The number of carbonyl (C=O) groups excluding carboxylic acids is 1. The Balaban J connectivity index is 1.74. The predicted molar refractivity (Wildman–Crippen MR) is 115 cm³/mol. The Morgan fingerprint density at radius 1 is 1.17 bits per heavy atom. The van der Waals surface area contributed by atoms with Crippen LogP contribution < -0.4 is 10.2 Å². The van der Waals surface area contributed by atoms with Crippen molar-refractivity contribution in [3.8, 4) is 0 Å². The van der Waals surface area contributed by atoms with E-state index in [0.717, 1.165) is 24.5 Å². The van der Waals surface area contributed by atoms with E-state index < -0.39 is 16.1 Å². The smallest absolute Gasteiger partial charge is 0.243 e. The molecule has 7 nitrogen and oxygen atoms in total. The summed E-state index contributed by atoms with van der Waals surface area (Å²) in [7, 11) is -3.72. The second-order valence-corrected chi connectivity index (χ2v) is 9.04. The van der Waals surface area contributed by atoms with Crippen LogP contribution >= 0.6 is 0 Å². The Labute approximate surface area is 172 Å². The van der Waals surface area contributed by atoms with Gasteiger partial charge in [0.2, 0.25) is 15.9 Å². The highest BCUT2D eigenvalue weighted by Gasteiger charge is 2.39. The highest BCUT2D eigenvalue weighted by atomic mass is 32.2. The minimum Gasteiger partial charge on any atom is -0.357 e. The van der Waals surface area contributed by atoms with Gasteiger partial charge in [-0.25, -0.2) is 13.4 Å². The fraction of sp³-hybridized carbons (Fsp3) is 0.429. The number of nitrogens with one attached hydrogen (secondary N) is 1. The number of aryl methyl sites for hydroxylation is 1. The van der Waals surface area contributed by atoms with Crippen molar-refractivity contribution in [1.82, 2.24) is 9.29 Å². The highest BCUT2D eigenvalue weighted by Crippen LogP contribution is 2.27. The zero-order chi connectivity index (χ0) is 21.0. The normalized spacial score (nSPS) is 17.3. The van der Waals surface area contributed by atoms with E-state index in [2.05, 4.69) is 29.0 Å². The molecule has 0 spiro atoms. The molecule has 1 N–H and O–H groups in total. The van der Waals surface area contributed by atoms with Gasteiger partial charge in [0.1, 0.15) is 11.9 Å². The third-order valence-corrected chi connectivity index (χ3v) is 7.16. The minimum atomic E-state index is -3.72. The van der Waals surface area contributed by atoms with Gasteiger partial charge in [-0.3, -0.25) is 4.79 Å². The van der Waals surface area contributed by atoms with Gasteiger partial charge >= 0.3 is 0 Å². The molecule has 1 aliphatic rings. The lowest BCUT2D eigenvalue weighted by atomic mass is 10.2. The maximum Gasteiger partial charge on any atom is 0.243 e. The summed E-state index contributed by atoms with van der Waals surface area (Å²) in [6, 6.07) is 9.65. The second kappa shape index (κ2) is 8.92. The molecular weight excluding hydrogens is 388 g/mol. The summed E-state index contributed by atoms with van der Waals surface area (Å²) in [5.41, 5.74) is 1.55. The molecule has 1 amide bonds. The molecule has 3 rings (SSSR count). The molecule has 8 heteroatoms. The lowest BCUT2D eigenvalue weighted by molar-refractivity contribution is -0.119. The number of pyridine rings is 1. The van der Waals surface area contributed by atoms with E-state index in [9.17, 15) is 13.2 Å². The fourth-order valence-electron chi connectivity index (χ4n) is 3.56. The largest absolute Gasteiger partial charge is 0.357 e.